The van der Waals surface area contributed by atoms with Crippen LogP contribution in [-0.2, 0) is 6.54 Å². The van der Waals surface area contributed by atoms with E-state index in [0.717, 1.165) is 17.8 Å². The van der Waals surface area contributed by atoms with Crippen LogP contribution < -0.4 is 15.8 Å². The number of alkyl halides is 3. The van der Waals surface area contributed by atoms with Gasteiger partial charge in [-0.25, -0.2) is 4.98 Å². The molecular weight excluding hydrogens is 463 g/mol. The summed E-state index contributed by atoms with van der Waals surface area (Å²) < 4.78 is 37.7. The van der Waals surface area contributed by atoms with Crippen LogP contribution in [0, 0.1) is 0 Å². The number of hydrogen-bond donors (Lipinski definition) is 2. The Balaban J connectivity index is 1.33. The van der Waals surface area contributed by atoms with Gasteiger partial charge in [0, 0.05) is 41.5 Å². The lowest BCUT2D eigenvalue weighted by molar-refractivity contribution is -0.0328. The van der Waals surface area contributed by atoms with Gasteiger partial charge >= 0.3 is 5.51 Å². The molecule has 1 fully saturated rings. The number of carbonyl (C=O) groups is 1. The summed E-state index contributed by atoms with van der Waals surface area (Å²) in [4.78, 5) is 21.1. The van der Waals surface area contributed by atoms with E-state index in [4.69, 9.17) is 0 Å². The lowest BCUT2D eigenvalue weighted by atomic mass is 10.2. The zero-order valence-electron chi connectivity index (χ0n) is 18.4. The molecule has 1 aliphatic rings. The van der Waals surface area contributed by atoms with Crippen molar-refractivity contribution >= 4 is 29.2 Å². The molecule has 3 aromatic rings. The van der Waals surface area contributed by atoms with Crippen LogP contribution in [0.4, 0.5) is 24.7 Å². The summed E-state index contributed by atoms with van der Waals surface area (Å²) in [6.45, 7) is 4.22. The SMILES string of the molecule is CC1CN(c2ccc(SC(F)(F)F)cc2)CN1Cc1ccnc(NNC(=O)c2ccccc2)c1. The highest BCUT2D eigenvalue weighted by molar-refractivity contribution is 8.00. The number of amides is 1. The predicted molar refractivity (Wildman–Crippen MR) is 127 cm³/mol. The fraction of sp³-hybridized carbons (Fsp3) is 0.250. The number of rotatable bonds is 7. The van der Waals surface area contributed by atoms with Gasteiger partial charge in [0.25, 0.3) is 5.91 Å². The van der Waals surface area contributed by atoms with Crippen molar-refractivity contribution in [2.75, 3.05) is 23.5 Å². The first kappa shape index (κ1) is 23.9. The number of hydrazine groups is 1. The van der Waals surface area contributed by atoms with E-state index in [1.807, 2.05) is 18.2 Å². The number of aromatic nitrogens is 1. The Kier molecular flexibility index (Phi) is 7.28. The molecule has 0 saturated carbocycles. The molecule has 0 spiro atoms. The lowest BCUT2D eigenvalue weighted by Gasteiger charge is -2.21. The van der Waals surface area contributed by atoms with Crippen LogP contribution in [0.1, 0.15) is 22.8 Å². The third kappa shape index (κ3) is 6.42. The molecule has 0 aliphatic carbocycles. The molecule has 1 unspecified atom stereocenters. The van der Waals surface area contributed by atoms with Gasteiger partial charge in [0.1, 0.15) is 5.82 Å². The molecule has 2 N–H and O–H groups in total. The van der Waals surface area contributed by atoms with E-state index in [1.165, 1.54) is 12.1 Å². The van der Waals surface area contributed by atoms with Crippen LogP contribution in [0.2, 0.25) is 0 Å². The maximum atomic E-state index is 12.6. The first-order valence-electron chi connectivity index (χ1n) is 10.7. The van der Waals surface area contributed by atoms with Crippen molar-refractivity contribution in [3.8, 4) is 0 Å². The largest absolute Gasteiger partial charge is 0.446 e. The van der Waals surface area contributed by atoms with Crippen LogP contribution in [-0.4, -0.2) is 40.6 Å². The van der Waals surface area contributed by atoms with Crippen molar-refractivity contribution < 1.29 is 18.0 Å². The van der Waals surface area contributed by atoms with Crippen molar-refractivity contribution in [1.29, 1.82) is 0 Å². The Morgan fingerprint density at radius 1 is 1.12 bits per heavy atom. The van der Waals surface area contributed by atoms with E-state index < -0.39 is 5.51 Å². The van der Waals surface area contributed by atoms with Crippen LogP contribution in [0.3, 0.4) is 0 Å². The number of anilines is 2. The molecule has 1 amide bonds. The third-order valence-electron chi connectivity index (χ3n) is 5.45. The molecule has 1 aliphatic heterocycles. The van der Waals surface area contributed by atoms with Crippen LogP contribution in [0.15, 0.2) is 77.8 Å². The Morgan fingerprint density at radius 3 is 2.56 bits per heavy atom. The maximum absolute atomic E-state index is 12.6. The minimum absolute atomic E-state index is 0.106. The molecule has 0 bridgehead atoms. The highest BCUT2D eigenvalue weighted by Gasteiger charge is 2.30. The second-order valence-corrected chi connectivity index (χ2v) is 9.13. The summed E-state index contributed by atoms with van der Waals surface area (Å²) >= 11 is -0.106. The second-order valence-electron chi connectivity index (χ2n) is 8.00. The van der Waals surface area contributed by atoms with Gasteiger partial charge < -0.3 is 4.90 Å². The standard InChI is InChI=1S/C24H24F3N5OS/c1-17-14-32(20-7-9-21(10-8-20)34-24(25,26)27)16-31(17)15-18-11-12-28-22(13-18)29-30-23(33)19-5-3-2-4-6-19/h2-13,17H,14-16H2,1H3,(H,28,29)(H,30,33). The Hall–Kier alpha value is -3.24. The molecule has 1 saturated heterocycles. The van der Waals surface area contributed by atoms with E-state index >= 15 is 0 Å². The van der Waals surface area contributed by atoms with Gasteiger partial charge in [-0.05, 0) is 72.8 Å². The van der Waals surface area contributed by atoms with Gasteiger partial charge in [0.15, 0.2) is 0 Å². The second kappa shape index (κ2) is 10.4. The van der Waals surface area contributed by atoms with E-state index in [1.54, 1.807) is 42.6 Å². The van der Waals surface area contributed by atoms with Gasteiger partial charge in [-0.15, -0.1) is 0 Å². The predicted octanol–water partition coefficient (Wildman–Crippen LogP) is 5.12. The number of pyridine rings is 1. The quantitative estimate of drug-likeness (QED) is 0.357. The summed E-state index contributed by atoms with van der Waals surface area (Å²) in [5, 5.41) is 0. The fourth-order valence-electron chi connectivity index (χ4n) is 3.76. The highest BCUT2D eigenvalue weighted by atomic mass is 32.2. The monoisotopic (exact) mass is 487 g/mol. The van der Waals surface area contributed by atoms with E-state index in [9.17, 15) is 18.0 Å². The summed E-state index contributed by atoms with van der Waals surface area (Å²) in [5.41, 5.74) is 3.67. The van der Waals surface area contributed by atoms with Gasteiger partial charge in [0.05, 0.1) is 6.67 Å². The van der Waals surface area contributed by atoms with Gasteiger partial charge in [0.2, 0.25) is 0 Å². The Labute approximate surface area is 200 Å². The number of nitrogens with zero attached hydrogens (tertiary/aromatic N) is 3. The molecule has 178 valence electrons. The Morgan fingerprint density at radius 2 is 1.85 bits per heavy atom. The van der Waals surface area contributed by atoms with Crippen LogP contribution in [0.25, 0.3) is 0 Å². The van der Waals surface area contributed by atoms with Crippen molar-refractivity contribution in [3.05, 3.63) is 84.1 Å². The van der Waals surface area contributed by atoms with E-state index in [0.29, 0.717) is 24.6 Å². The van der Waals surface area contributed by atoms with Gasteiger partial charge in [-0.3, -0.25) is 20.5 Å². The minimum Gasteiger partial charge on any atom is -0.357 e. The van der Waals surface area contributed by atoms with Crippen molar-refractivity contribution in [3.63, 3.8) is 0 Å². The zero-order valence-corrected chi connectivity index (χ0v) is 19.2. The zero-order chi connectivity index (χ0) is 24.1. The number of thioether (sulfide) groups is 1. The minimum atomic E-state index is -4.29. The molecular formula is C24H24F3N5OS. The third-order valence-corrected chi connectivity index (χ3v) is 6.19. The average Bonchev–Trinajstić information content (AvgIpc) is 3.18. The molecule has 2 aromatic carbocycles. The van der Waals surface area contributed by atoms with Crippen molar-refractivity contribution in [1.82, 2.24) is 15.3 Å². The van der Waals surface area contributed by atoms with E-state index in [2.05, 4.69) is 32.6 Å². The molecule has 6 nitrogen and oxygen atoms in total. The molecule has 1 aromatic heterocycles. The van der Waals surface area contributed by atoms with E-state index in [-0.39, 0.29) is 28.6 Å². The first-order valence-corrected chi connectivity index (χ1v) is 11.5. The number of nitrogens with one attached hydrogen (secondary N) is 2. The van der Waals surface area contributed by atoms with Gasteiger partial charge in [-0.1, -0.05) is 18.2 Å². The molecule has 2 heterocycles. The van der Waals surface area contributed by atoms with Crippen LogP contribution in [0.5, 0.6) is 0 Å². The Bertz CT molecular complexity index is 1110. The lowest BCUT2D eigenvalue weighted by Crippen LogP contribution is -2.30. The maximum Gasteiger partial charge on any atom is 0.446 e. The summed E-state index contributed by atoms with van der Waals surface area (Å²) in [7, 11) is 0. The smallest absolute Gasteiger partial charge is 0.357 e. The summed E-state index contributed by atoms with van der Waals surface area (Å²) in [5.74, 6) is 0.277. The normalized spacial score (nSPS) is 16.5. The summed E-state index contributed by atoms with van der Waals surface area (Å²) in [6, 6.07) is 19.4. The first-order chi connectivity index (χ1) is 16.3. The summed E-state index contributed by atoms with van der Waals surface area (Å²) in [6.07, 6.45) is 1.68. The molecule has 4 rings (SSSR count). The molecule has 1 atom stereocenters. The number of halogens is 3. The average molecular weight is 488 g/mol. The molecule has 0 radical (unpaired) electrons. The number of carbonyl (C=O) groups excluding carboxylic acids is 1. The number of benzene rings is 2. The highest BCUT2D eigenvalue weighted by Crippen LogP contribution is 2.37. The van der Waals surface area contributed by atoms with Crippen molar-refractivity contribution in [2.24, 2.45) is 0 Å². The topological polar surface area (TPSA) is 60.5 Å². The fourth-order valence-corrected chi connectivity index (χ4v) is 4.30. The van der Waals surface area contributed by atoms with Gasteiger partial charge in [-0.2, -0.15) is 13.2 Å². The molecule has 10 heteroatoms. The van der Waals surface area contributed by atoms with Crippen LogP contribution >= 0.6 is 11.8 Å². The van der Waals surface area contributed by atoms with Crippen molar-refractivity contribution in [2.45, 2.75) is 29.9 Å². The number of hydrogen-bond acceptors (Lipinski definition) is 6. The molecule has 34 heavy (non-hydrogen) atoms.